The topological polar surface area (TPSA) is 6.48 Å². The summed E-state index contributed by atoms with van der Waals surface area (Å²) in [5.74, 6) is 0. The van der Waals surface area contributed by atoms with E-state index in [0.29, 0.717) is 23.3 Å². The molecule has 9 aromatic carbocycles. The predicted octanol–water partition coefficient (Wildman–Crippen LogP) is 17.3. The Kier molecular flexibility index (Phi) is 11.3. The molecule has 8 heteroatoms. The minimum absolute atomic E-state index is 0.509. The van der Waals surface area contributed by atoms with Gasteiger partial charge in [0.1, 0.15) is 0 Å². The van der Waals surface area contributed by atoms with E-state index in [1.807, 2.05) is 170 Å². The molecule has 0 aliphatic carbocycles. The van der Waals surface area contributed by atoms with E-state index in [1.54, 1.807) is 24.3 Å². The summed E-state index contributed by atoms with van der Waals surface area (Å²) in [6, 6.07) is 63.0. The molecule has 0 atom stereocenters. The summed E-state index contributed by atoms with van der Waals surface area (Å²) in [6.07, 6.45) is -4.90. The van der Waals surface area contributed by atoms with E-state index >= 15 is 0 Å². The lowest BCUT2D eigenvalue weighted by Gasteiger charge is -2.27. The lowest BCUT2D eigenvalue weighted by molar-refractivity contribution is -0.141. The van der Waals surface area contributed by atoms with Gasteiger partial charge in [-0.05, 0) is 106 Å². The van der Waals surface area contributed by atoms with E-state index < -0.39 is 34.6 Å². The molecule has 0 spiro atoms. The Balaban J connectivity index is 1.02. The molecule has 0 radical (unpaired) electrons. The molecule has 9 rings (SSSR count). The second-order valence-corrected chi connectivity index (χ2v) is 15.2. The molecule has 0 heterocycles. The Bertz CT molecular complexity index is 2890. The average molecular weight is 853 g/mol. The Morgan fingerprint density at radius 3 is 1.02 bits per heavy atom. The molecule has 0 aliphatic heterocycles. The molecule has 314 valence electrons. The minimum Gasteiger partial charge on any atom is -0.310 e. The normalized spacial score (nSPS) is 12.1. The molecule has 0 unspecified atom stereocenters. The first-order chi connectivity index (χ1) is 31.0. The first-order valence-electron chi connectivity index (χ1n) is 20.6. The van der Waals surface area contributed by atoms with Crippen molar-refractivity contribution in [2.75, 3.05) is 9.80 Å². The standard InChI is InChI=1S/C56H38F6N2/c57-55(58,59)51-38-44(32-26-40-29-35-48(36-30-40)64(46-19-5-2-6-20-46)54-24-12-16-42-14-8-10-22-50(42)54)52(56(60,61)62)37-43(51)31-25-39-27-33-47(34-28-39)63(45-17-3-1-4-18-45)53-23-11-15-41-13-7-9-21-49(41)53/h1-38H/b31-25-,32-26+. The highest BCUT2D eigenvalue weighted by Gasteiger charge is 2.38. The third kappa shape index (κ3) is 8.76. The largest absolute Gasteiger partial charge is 0.417 e. The van der Waals surface area contributed by atoms with E-state index in [9.17, 15) is 26.3 Å². The number of para-hydroxylation sites is 2. The highest BCUT2D eigenvalue weighted by atomic mass is 19.4. The molecule has 0 bridgehead atoms. The Morgan fingerprint density at radius 2 is 0.641 bits per heavy atom. The van der Waals surface area contributed by atoms with Gasteiger partial charge in [-0.25, -0.2) is 0 Å². The molecule has 0 saturated heterocycles. The zero-order chi connectivity index (χ0) is 44.3. The van der Waals surface area contributed by atoms with Crippen LogP contribution in [0.1, 0.15) is 33.4 Å². The Morgan fingerprint density at radius 1 is 0.312 bits per heavy atom. The van der Waals surface area contributed by atoms with Gasteiger partial charge in [0.05, 0.1) is 22.5 Å². The van der Waals surface area contributed by atoms with Gasteiger partial charge >= 0.3 is 12.4 Å². The lowest BCUT2D eigenvalue weighted by atomic mass is 9.95. The van der Waals surface area contributed by atoms with E-state index in [4.69, 9.17) is 0 Å². The van der Waals surface area contributed by atoms with Crippen molar-refractivity contribution < 1.29 is 26.3 Å². The summed E-state index contributed by atoms with van der Waals surface area (Å²) in [5, 5.41) is 4.16. The maximum Gasteiger partial charge on any atom is 0.417 e. The van der Waals surface area contributed by atoms with Crippen LogP contribution in [0.15, 0.2) is 206 Å². The highest BCUT2D eigenvalue weighted by molar-refractivity contribution is 6.00. The third-order valence-electron chi connectivity index (χ3n) is 11.1. The van der Waals surface area contributed by atoms with Crippen LogP contribution in [-0.4, -0.2) is 0 Å². The summed E-state index contributed by atoms with van der Waals surface area (Å²) >= 11 is 0. The van der Waals surface area contributed by atoms with Gasteiger partial charge in [0, 0.05) is 33.5 Å². The van der Waals surface area contributed by atoms with Gasteiger partial charge in [0.15, 0.2) is 0 Å². The predicted molar refractivity (Wildman–Crippen MR) is 252 cm³/mol. The quantitative estimate of drug-likeness (QED) is 0.0999. The molecule has 9 aromatic rings. The average Bonchev–Trinajstić information content (AvgIpc) is 3.31. The summed E-state index contributed by atoms with van der Waals surface area (Å²) in [4.78, 5) is 4.17. The number of hydrogen-bond donors (Lipinski definition) is 0. The SMILES string of the molecule is FC(F)(F)c1cc(/C=C/c2ccc(N(c3ccccc3)c3cccc4ccccc34)cc2)c(C(F)(F)F)cc1/C=C\c1ccc(N(c2ccccc2)c2cccc3ccccc23)cc1. The van der Waals surface area contributed by atoms with E-state index in [0.717, 1.165) is 67.8 Å². The third-order valence-corrected chi connectivity index (χ3v) is 11.1. The number of benzene rings is 9. The smallest absolute Gasteiger partial charge is 0.310 e. The van der Waals surface area contributed by atoms with Crippen LogP contribution in [0, 0.1) is 0 Å². The second kappa shape index (κ2) is 17.5. The van der Waals surface area contributed by atoms with Crippen molar-refractivity contribution in [1.29, 1.82) is 0 Å². The van der Waals surface area contributed by atoms with Crippen LogP contribution < -0.4 is 9.80 Å². The highest BCUT2D eigenvalue weighted by Crippen LogP contribution is 2.43. The van der Waals surface area contributed by atoms with Crippen molar-refractivity contribution in [2.45, 2.75) is 12.4 Å². The fourth-order valence-electron chi connectivity index (χ4n) is 8.06. The summed E-state index contributed by atoms with van der Waals surface area (Å²) in [5.41, 5.74) is 2.71. The van der Waals surface area contributed by atoms with Crippen molar-refractivity contribution >= 4 is 80.0 Å². The molecule has 2 nitrogen and oxygen atoms in total. The molecular weight excluding hydrogens is 815 g/mol. The minimum atomic E-state index is -4.94. The van der Waals surface area contributed by atoms with Crippen LogP contribution in [0.4, 0.5) is 60.5 Å². The van der Waals surface area contributed by atoms with Gasteiger partial charge in [-0.2, -0.15) is 26.3 Å². The van der Waals surface area contributed by atoms with Gasteiger partial charge in [0.25, 0.3) is 0 Å². The van der Waals surface area contributed by atoms with Crippen molar-refractivity contribution in [2.24, 2.45) is 0 Å². The number of rotatable bonds is 10. The monoisotopic (exact) mass is 852 g/mol. The molecule has 0 N–H and O–H groups in total. The van der Waals surface area contributed by atoms with Crippen LogP contribution in [0.5, 0.6) is 0 Å². The first kappa shape index (κ1) is 41.5. The molecule has 0 fully saturated rings. The van der Waals surface area contributed by atoms with Crippen LogP contribution >= 0.6 is 0 Å². The van der Waals surface area contributed by atoms with Gasteiger partial charge in [-0.3, -0.25) is 0 Å². The molecule has 0 aromatic heterocycles. The van der Waals surface area contributed by atoms with Gasteiger partial charge in [-0.15, -0.1) is 0 Å². The van der Waals surface area contributed by atoms with Crippen molar-refractivity contribution in [1.82, 2.24) is 0 Å². The second-order valence-electron chi connectivity index (χ2n) is 15.2. The summed E-state index contributed by atoms with van der Waals surface area (Å²) in [7, 11) is 0. The van der Waals surface area contributed by atoms with E-state index in [2.05, 4.69) is 9.80 Å². The molecular formula is C56H38F6N2. The molecule has 64 heavy (non-hydrogen) atoms. The fraction of sp³-hybridized carbons (Fsp3) is 0.0357. The Hall–Kier alpha value is -7.84. The van der Waals surface area contributed by atoms with Gasteiger partial charge in [-0.1, -0.05) is 158 Å². The van der Waals surface area contributed by atoms with Crippen LogP contribution in [-0.2, 0) is 12.4 Å². The molecule has 0 saturated carbocycles. The molecule has 0 amide bonds. The number of fused-ring (bicyclic) bond motifs is 2. The van der Waals surface area contributed by atoms with Crippen LogP contribution in [0.25, 0.3) is 45.8 Å². The summed E-state index contributed by atoms with van der Waals surface area (Å²) < 4.78 is 88.0. The molecule has 0 aliphatic rings. The summed E-state index contributed by atoms with van der Waals surface area (Å²) in [6.45, 7) is 0. The van der Waals surface area contributed by atoms with E-state index in [-0.39, 0.29) is 0 Å². The number of alkyl halides is 6. The maximum atomic E-state index is 14.7. The van der Waals surface area contributed by atoms with Gasteiger partial charge in [0.2, 0.25) is 0 Å². The van der Waals surface area contributed by atoms with Crippen molar-refractivity contribution in [3.8, 4) is 0 Å². The van der Waals surface area contributed by atoms with Crippen LogP contribution in [0.3, 0.4) is 0 Å². The van der Waals surface area contributed by atoms with Gasteiger partial charge < -0.3 is 9.80 Å². The maximum absolute atomic E-state index is 14.7. The van der Waals surface area contributed by atoms with E-state index in [1.165, 1.54) is 12.2 Å². The van der Waals surface area contributed by atoms with Crippen molar-refractivity contribution in [3.05, 3.63) is 240 Å². The fourth-order valence-corrected chi connectivity index (χ4v) is 8.06. The lowest BCUT2D eigenvalue weighted by Crippen LogP contribution is -2.13. The number of anilines is 6. The van der Waals surface area contributed by atoms with Crippen LogP contribution in [0.2, 0.25) is 0 Å². The zero-order valence-corrected chi connectivity index (χ0v) is 34.1. The number of hydrogen-bond acceptors (Lipinski definition) is 2. The van der Waals surface area contributed by atoms with Crippen molar-refractivity contribution in [3.63, 3.8) is 0 Å². The number of halogens is 6. The zero-order valence-electron chi connectivity index (χ0n) is 34.1. The first-order valence-corrected chi connectivity index (χ1v) is 20.6. The Labute approximate surface area is 366 Å². The number of nitrogens with zero attached hydrogens (tertiary/aromatic N) is 2.